The average molecular weight is 523 g/mol. The fraction of sp³-hybridized carbons (Fsp3) is 0.273. The van der Waals surface area contributed by atoms with Gasteiger partial charge in [0.1, 0.15) is 6.10 Å². The van der Waals surface area contributed by atoms with Gasteiger partial charge in [0.05, 0.1) is 12.9 Å². The summed E-state index contributed by atoms with van der Waals surface area (Å²) in [5.41, 5.74) is 2.36. The number of rotatable bonds is 8. The Morgan fingerprint density at radius 1 is 1.17 bits per heavy atom. The molecule has 3 aromatic rings. The van der Waals surface area contributed by atoms with Crippen molar-refractivity contribution in [2.24, 2.45) is 4.99 Å². The highest BCUT2D eigenvalue weighted by Crippen LogP contribution is 2.16. The van der Waals surface area contributed by atoms with E-state index in [1.807, 2.05) is 23.8 Å². The lowest BCUT2D eigenvalue weighted by molar-refractivity contribution is 0.214. The van der Waals surface area contributed by atoms with Gasteiger partial charge in [0.2, 0.25) is 0 Å². The summed E-state index contributed by atoms with van der Waals surface area (Å²) < 4.78 is 21.4. The number of nitrogens with one attached hydrogen (secondary N) is 2. The molecule has 1 aromatic heterocycles. The van der Waals surface area contributed by atoms with Crippen LogP contribution in [0, 0.1) is 5.82 Å². The normalized spacial score (nSPS) is 12.0. The summed E-state index contributed by atoms with van der Waals surface area (Å²) in [7, 11) is 1.72. The molecule has 0 saturated carbocycles. The highest BCUT2D eigenvalue weighted by Gasteiger charge is 2.09. The summed E-state index contributed by atoms with van der Waals surface area (Å²) in [4.78, 5) is 8.31. The molecule has 6 nitrogen and oxygen atoms in total. The highest BCUT2D eigenvalue weighted by molar-refractivity contribution is 14.0. The van der Waals surface area contributed by atoms with Crippen molar-refractivity contribution in [3.05, 3.63) is 84.2 Å². The minimum atomic E-state index is -0.363. The molecule has 0 radical (unpaired) electrons. The fourth-order valence-electron chi connectivity index (χ4n) is 2.87. The molecule has 0 spiro atoms. The molecular weight excluding hydrogens is 496 g/mol. The summed E-state index contributed by atoms with van der Waals surface area (Å²) in [6.45, 7) is 3.80. The minimum absolute atomic E-state index is 0. The van der Waals surface area contributed by atoms with Crippen LogP contribution < -0.4 is 15.4 Å². The molecule has 2 N–H and O–H groups in total. The van der Waals surface area contributed by atoms with E-state index in [-0.39, 0.29) is 41.6 Å². The van der Waals surface area contributed by atoms with Gasteiger partial charge in [0, 0.05) is 32.5 Å². The first-order valence-electron chi connectivity index (χ1n) is 9.53. The quantitative estimate of drug-likeness (QED) is 0.268. The zero-order chi connectivity index (χ0) is 20.5. The Kier molecular flexibility index (Phi) is 9.59. The van der Waals surface area contributed by atoms with Gasteiger partial charge in [-0.15, -0.1) is 24.0 Å². The number of hydrogen-bond acceptors (Lipinski definition) is 3. The summed E-state index contributed by atoms with van der Waals surface area (Å²) in [5.74, 6) is 0.547. The Bertz CT molecular complexity index is 933. The zero-order valence-corrected chi connectivity index (χ0v) is 19.4. The van der Waals surface area contributed by atoms with Gasteiger partial charge in [-0.05, 0) is 30.2 Å². The van der Waals surface area contributed by atoms with Gasteiger partial charge in [0.25, 0.3) is 0 Å². The number of para-hydroxylation sites is 1. The van der Waals surface area contributed by atoms with Crippen LogP contribution in [0.2, 0.25) is 0 Å². The van der Waals surface area contributed by atoms with Crippen molar-refractivity contribution < 1.29 is 9.13 Å². The molecule has 8 heteroatoms. The van der Waals surface area contributed by atoms with Crippen LogP contribution in [0.4, 0.5) is 4.39 Å². The second-order valence-electron chi connectivity index (χ2n) is 6.72. The smallest absolute Gasteiger partial charge is 0.191 e. The van der Waals surface area contributed by atoms with E-state index in [0.717, 1.165) is 12.1 Å². The Labute approximate surface area is 193 Å². The molecular formula is C22H27FIN5O. The first kappa shape index (κ1) is 23.7. The van der Waals surface area contributed by atoms with E-state index in [0.29, 0.717) is 19.0 Å². The largest absolute Gasteiger partial charge is 0.486 e. The lowest BCUT2D eigenvalue weighted by Gasteiger charge is -2.18. The van der Waals surface area contributed by atoms with E-state index in [9.17, 15) is 4.39 Å². The van der Waals surface area contributed by atoms with Crippen LogP contribution in [0.25, 0.3) is 0 Å². The molecule has 0 aliphatic heterocycles. The second kappa shape index (κ2) is 12.2. The predicted octanol–water partition coefficient (Wildman–Crippen LogP) is 3.82. The standard InChI is InChI=1S/C22H26FN5O.HI/c1-17(29-21-9-4-3-8-20(21)23)13-26-22(24-2)27-14-18-6-5-7-19(12-18)15-28-11-10-25-16-28;/h3-12,16-17H,13-15H2,1-2H3,(H2,24,26,27);1H. The third-order valence-corrected chi connectivity index (χ3v) is 4.32. The summed E-state index contributed by atoms with van der Waals surface area (Å²) in [5, 5.41) is 6.50. The van der Waals surface area contributed by atoms with Crippen LogP contribution in [0.5, 0.6) is 5.75 Å². The monoisotopic (exact) mass is 523 g/mol. The Morgan fingerprint density at radius 3 is 2.70 bits per heavy atom. The molecule has 1 heterocycles. The highest BCUT2D eigenvalue weighted by atomic mass is 127. The molecule has 0 amide bonds. The summed E-state index contributed by atoms with van der Waals surface area (Å²) in [6.07, 6.45) is 5.31. The van der Waals surface area contributed by atoms with Crippen LogP contribution in [0.15, 0.2) is 72.2 Å². The van der Waals surface area contributed by atoms with Gasteiger partial charge in [-0.1, -0.05) is 36.4 Å². The van der Waals surface area contributed by atoms with Crippen LogP contribution >= 0.6 is 24.0 Å². The molecule has 0 bridgehead atoms. The third-order valence-electron chi connectivity index (χ3n) is 4.32. The SMILES string of the molecule is CN=C(NCc1cccc(Cn2ccnc2)c1)NCC(C)Oc1ccccc1F.I. The zero-order valence-electron chi connectivity index (χ0n) is 17.1. The number of halogens is 2. The van der Waals surface area contributed by atoms with E-state index in [4.69, 9.17) is 4.74 Å². The molecule has 0 saturated heterocycles. The van der Waals surface area contributed by atoms with Crippen LogP contribution in [-0.2, 0) is 13.1 Å². The second-order valence-corrected chi connectivity index (χ2v) is 6.72. The van der Waals surface area contributed by atoms with Gasteiger partial charge in [-0.25, -0.2) is 9.37 Å². The van der Waals surface area contributed by atoms with E-state index in [2.05, 4.69) is 38.8 Å². The third kappa shape index (κ3) is 7.33. The molecule has 30 heavy (non-hydrogen) atoms. The molecule has 160 valence electrons. The van der Waals surface area contributed by atoms with Crippen LogP contribution in [-0.4, -0.2) is 35.2 Å². The van der Waals surface area contributed by atoms with Gasteiger partial charge >= 0.3 is 0 Å². The Hall–Kier alpha value is -2.62. The number of ether oxygens (including phenoxy) is 1. The molecule has 0 aliphatic carbocycles. The van der Waals surface area contributed by atoms with Crippen molar-refractivity contribution in [1.82, 2.24) is 20.2 Å². The van der Waals surface area contributed by atoms with E-state index in [1.165, 1.54) is 11.6 Å². The molecule has 1 atom stereocenters. The average Bonchev–Trinajstić information content (AvgIpc) is 3.23. The molecule has 2 aromatic carbocycles. The van der Waals surface area contributed by atoms with Crippen LogP contribution in [0.3, 0.4) is 0 Å². The molecule has 3 rings (SSSR count). The van der Waals surface area contributed by atoms with Crippen molar-refractivity contribution >= 4 is 29.9 Å². The Morgan fingerprint density at radius 2 is 1.97 bits per heavy atom. The number of hydrogen-bond donors (Lipinski definition) is 2. The summed E-state index contributed by atoms with van der Waals surface area (Å²) >= 11 is 0. The Balaban J connectivity index is 0.00000320. The number of benzene rings is 2. The van der Waals surface area contributed by atoms with Gasteiger partial charge < -0.3 is 19.9 Å². The maximum absolute atomic E-state index is 13.7. The van der Waals surface area contributed by atoms with Gasteiger partial charge in [-0.2, -0.15) is 0 Å². The first-order chi connectivity index (χ1) is 14.1. The van der Waals surface area contributed by atoms with Crippen molar-refractivity contribution in [2.75, 3.05) is 13.6 Å². The number of aliphatic imine (C=N–C) groups is 1. The van der Waals surface area contributed by atoms with Crippen molar-refractivity contribution in [3.8, 4) is 5.75 Å². The van der Waals surface area contributed by atoms with Crippen LogP contribution in [0.1, 0.15) is 18.1 Å². The lowest BCUT2D eigenvalue weighted by Crippen LogP contribution is -2.41. The predicted molar refractivity (Wildman–Crippen MR) is 128 cm³/mol. The maximum Gasteiger partial charge on any atom is 0.191 e. The number of guanidine groups is 1. The van der Waals surface area contributed by atoms with Gasteiger partial charge in [-0.3, -0.25) is 4.99 Å². The van der Waals surface area contributed by atoms with Crippen molar-refractivity contribution in [2.45, 2.75) is 26.1 Å². The number of aromatic nitrogens is 2. The van der Waals surface area contributed by atoms with E-state index < -0.39 is 0 Å². The van der Waals surface area contributed by atoms with E-state index >= 15 is 0 Å². The lowest BCUT2D eigenvalue weighted by atomic mass is 10.1. The fourth-order valence-corrected chi connectivity index (χ4v) is 2.87. The summed E-state index contributed by atoms with van der Waals surface area (Å²) in [6, 6.07) is 14.8. The maximum atomic E-state index is 13.7. The molecule has 0 fully saturated rings. The van der Waals surface area contributed by atoms with E-state index in [1.54, 1.807) is 37.8 Å². The minimum Gasteiger partial charge on any atom is -0.486 e. The van der Waals surface area contributed by atoms with Gasteiger partial charge in [0.15, 0.2) is 17.5 Å². The molecule has 0 aliphatic rings. The number of nitrogens with zero attached hydrogens (tertiary/aromatic N) is 3. The number of imidazole rings is 1. The topological polar surface area (TPSA) is 63.5 Å². The first-order valence-corrected chi connectivity index (χ1v) is 9.53. The van der Waals surface area contributed by atoms with Crippen molar-refractivity contribution in [3.63, 3.8) is 0 Å². The van der Waals surface area contributed by atoms with Crippen molar-refractivity contribution in [1.29, 1.82) is 0 Å². The molecule has 1 unspecified atom stereocenters.